The number of aryl methyl sites for hydroxylation is 1. The molecule has 1 radical (unpaired) electrons. The van der Waals surface area contributed by atoms with Crippen LogP contribution >= 0.6 is 0 Å². The minimum Gasteiger partial charge on any atom is -0.394 e. The fourth-order valence-corrected chi connectivity index (χ4v) is 0.557. The molecule has 1 nitrogen and oxygen atoms in total. The van der Waals surface area contributed by atoms with Gasteiger partial charge in [-0.15, -0.1) is 5.56 Å². The van der Waals surface area contributed by atoms with E-state index in [2.05, 4.69) is 18.1 Å². The first-order valence-electron chi connectivity index (χ1n) is 2.75. The normalized spacial score (nSPS) is 8.11. The van der Waals surface area contributed by atoms with Crippen LogP contribution in [0.4, 0.5) is 0 Å². The summed E-state index contributed by atoms with van der Waals surface area (Å²) in [4.78, 5) is 3.83. The van der Waals surface area contributed by atoms with Gasteiger partial charge in [-0.2, -0.15) is 12.1 Å². The van der Waals surface area contributed by atoms with Crippen molar-refractivity contribution < 1.29 is 18.6 Å². The molecule has 1 rings (SSSR count). The summed E-state index contributed by atoms with van der Waals surface area (Å²) in [5, 5.41) is 0. The van der Waals surface area contributed by atoms with Crippen LogP contribution in [0, 0.1) is 6.20 Å². The van der Waals surface area contributed by atoms with Gasteiger partial charge < -0.3 is 4.98 Å². The maximum atomic E-state index is 3.83. The monoisotopic (exact) mass is 157 g/mol. The molecule has 0 fully saturated rings. The van der Waals surface area contributed by atoms with Crippen LogP contribution in [0.15, 0.2) is 18.3 Å². The van der Waals surface area contributed by atoms with E-state index in [4.69, 9.17) is 0 Å². The summed E-state index contributed by atoms with van der Waals surface area (Å²) >= 11 is 0. The van der Waals surface area contributed by atoms with Crippen LogP contribution in [-0.4, -0.2) is 4.98 Å². The second-order valence-corrected chi connectivity index (χ2v) is 1.63. The number of pyridine rings is 1. The van der Waals surface area contributed by atoms with Gasteiger partial charge >= 0.3 is 18.6 Å². The van der Waals surface area contributed by atoms with E-state index >= 15 is 0 Å². The molecule has 0 unspecified atom stereocenters. The molecule has 0 aliphatic rings. The molecule has 0 aromatic carbocycles. The summed E-state index contributed by atoms with van der Waals surface area (Å²) in [5.41, 5.74) is 1.17. The second kappa shape index (κ2) is 4.60. The molecule has 0 aliphatic heterocycles. The molecular formula is C7H8NV+. The first-order chi connectivity index (χ1) is 3.93. The summed E-state index contributed by atoms with van der Waals surface area (Å²) < 4.78 is 0. The van der Waals surface area contributed by atoms with Crippen molar-refractivity contribution >= 4 is 0 Å². The molecule has 9 heavy (non-hydrogen) atoms. The van der Waals surface area contributed by atoms with Crippen LogP contribution in [0.3, 0.4) is 0 Å². The topological polar surface area (TPSA) is 12.9 Å². The van der Waals surface area contributed by atoms with E-state index < -0.39 is 0 Å². The van der Waals surface area contributed by atoms with Crippen LogP contribution in [0.1, 0.15) is 12.5 Å². The Morgan fingerprint density at radius 3 is 2.78 bits per heavy atom. The zero-order chi connectivity index (χ0) is 5.82. The Morgan fingerprint density at radius 2 is 2.44 bits per heavy atom. The Hall–Kier alpha value is -0.266. The molecule has 2 heteroatoms. The van der Waals surface area contributed by atoms with Gasteiger partial charge in [0.1, 0.15) is 0 Å². The Morgan fingerprint density at radius 1 is 1.67 bits per heavy atom. The van der Waals surface area contributed by atoms with Gasteiger partial charge in [-0.25, -0.2) is 0 Å². The molecule has 0 amide bonds. The maximum absolute atomic E-state index is 3.83. The van der Waals surface area contributed by atoms with E-state index in [0.717, 1.165) is 6.42 Å². The SMILES string of the molecule is CCc1[c-]nccc1.[V+2]. The van der Waals surface area contributed by atoms with Crippen LogP contribution < -0.4 is 0 Å². The van der Waals surface area contributed by atoms with Gasteiger partial charge in [-0.05, 0) is 0 Å². The van der Waals surface area contributed by atoms with Crippen molar-refractivity contribution in [1.29, 1.82) is 0 Å². The summed E-state index contributed by atoms with van der Waals surface area (Å²) in [6.45, 7) is 2.09. The van der Waals surface area contributed by atoms with Crippen molar-refractivity contribution in [2.75, 3.05) is 0 Å². The Balaban J connectivity index is 0.000000640. The standard InChI is InChI=1S/C7H8N.V/c1-2-7-4-3-5-8-6-7;/h3-5H,2H2,1H3;/q-1;+2. The van der Waals surface area contributed by atoms with E-state index in [0.29, 0.717) is 0 Å². The van der Waals surface area contributed by atoms with Crippen LogP contribution in [-0.2, 0) is 25.0 Å². The summed E-state index contributed by atoms with van der Waals surface area (Å²) in [6.07, 6.45) is 5.62. The average Bonchev–Trinajstić information content (AvgIpc) is 1.90. The maximum Gasteiger partial charge on any atom is 2.00 e. The molecule has 0 bridgehead atoms. The Labute approximate surface area is 67.4 Å². The predicted octanol–water partition coefficient (Wildman–Crippen LogP) is 1.44. The van der Waals surface area contributed by atoms with Crippen molar-refractivity contribution in [1.82, 2.24) is 4.98 Å². The molecule has 45 valence electrons. The fourth-order valence-electron chi connectivity index (χ4n) is 0.557. The van der Waals surface area contributed by atoms with Gasteiger partial charge in [0.25, 0.3) is 0 Å². The number of nitrogens with zero attached hydrogens (tertiary/aromatic N) is 1. The molecule has 1 aromatic rings. The van der Waals surface area contributed by atoms with Crippen LogP contribution in [0.2, 0.25) is 0 Å². The predicted molar refractivity (Wildman–Crippen MR) is 32.5 cm³/mol. The zero-order valence-corrected chi connectivity index (χ0v) is 6.73. The second-order valence-electron chi connectivity index (χ2n) is 1.63. The fraction of sp³-hybridized carbons (Fsp3) is 0.286. The molecule has 0 aliphatic carbocycles. The smallest absolute Gasteiger partial charge is 0.394 e. The molecule has 0 spiro atoms. The molecular weight excluding hydrogens is 149 g/mol. The quantitative estimate of drug-likeness (QED) is 0.562. The first-order valence-corrected chi connectivity index (χ1v) is 2.75. The van der Waals surface area contributed by atoms with Gasteiger partial charge in [-0.3, -0.25) is 0 Å². The van der Waals surface area contributed by atoms with E-state index in [9.17, 15) is 0 Å². The zero-order valence-electron chi connectivity index (χ0n) is 5.33. The van der Waals surface area contributed by atoms with Crippen molar-refractivity contribution in [2.24, 2.45) is 0 Å². The average molecular weight is 157 g/mol. The van der Waals surface area contributed by atoms with Gasteiger partial charge in [0.15, 0.2) is 0 Å². The van der Waals surface area contributed by atoms with Crippen LogP contribution in [0.5, 0.6) is 0 Å². The van der Waals surface area contributed by atoms with Crippen molar-refractivity contribution in [2.45, 2.75) is 13.3 Å². The summed E-state index contributed by atoms with van der Waals surface area (Å²) in [7, 11) is 0. The van der Waals surface area contributed by atoms with E-state index in [1.807, 2.05) is 12.1 Å². The van der Waals surface area contributed by atoms with Gasteiger partial charge in [-0.1, -0.05) is 25.7 Å². The third-order valence-corrected chi connectivity index (χ3v) is 1.05. The molecule has 0 saturated heterocycles. The molecule has 1 aromatic heterocycles. The minimum absolute atomic E-state index is 0. The Kier molecular flexibility index (Phi) is 4.46. The van der Waals surface area contributed by atoms with E-state index in [1.165, 1.54) is 5.56 Å². The van der Waals surface area contributed by atoms with Gasteiger partial charge in [0.2, 0.25) is 0 Å². The molecule has 0 N–H and O–H groups in total. The number of hydrogen-bond donors (Lipinski definition) is 0. The Bertz CT molecular complexity index is 150. The number of hydrogen-bond acceptors (Lipinski definition) is 1. The number of aromatic nitrogens is 1. The summed E-state index contributed by atoms with van der Waals surface area (Å²) in [6, 6.07) is 3.95. The minimum atomic E-state index is 0. The third-order valence-electron chi connectivity index (χ3n) is 1.05. The van der Waals surface area contributed by atoms with Gasteiger partial charge in [0.05, 0.1) is 0 Å². The summed E-state index contributed by atoms with van der Waals surface area (Å²) in [5.74, 6) is 0. The van der Waals surface area contributed by atoms with Crippen molar-refractivity contribution in [3.63, 3.8) is 0 Å². The van der Waals surface area contributed by atoms with Crippen LogP contribution in [0.25, 0.3) is 0 Å². The van der Waals surface area contributed by atoms with Gasteiger partial charge in [0, 0.05) is 0 Å². The first kappa shape index (κ1) is 8.73. The van der Waals surface area contributed by atoms with Crippen molar-refractivity contribution in [3.8, 4) is 0 Å². The van der Waals surface area contributed by atoms with E-state index in [1.54, 1.807) is 6.20 Å². The van der Waals surface area contributed by atoms with E-state index in [-0.39, 0.29) is 18.6 Å². The molecule has 1 heterocycles. The molecule has 0 saturated carbocycles. The largest absolute Gasteiger partial charge is 2.00 e. The van der Waals surface area contributed by atoms with Crippen molar-refractivity contribution in [3.05, 3.63) is 30.1 Å². The third kappa shape index (κ3) is 2.68. The number of rotatable bonds is 1. The molecule has 0 atom stereocenters.